The standard InChI is InChI=1S/C26H33N5O6S3/c1-26(18-31-8-12-39(32,33)13-9-31)17-28-25(38-26)21-15-19-14-20(37-11-10-36-3)16-22(24(19)29-21)30(2)40(34,35)23-6-4-5-7-27-23/h4-7,14-16,29H,8-13,17-18H2,1-3H3. The van der Waals surface area contributed by atoms with Gasteiger partial charge in [-0.3, -0.25) is 14.2 Å². The Morgan fingerprint density at radius 2 is 1.95 bits per heavy atom. The third-order valence-corrected chi connectivity index (χ3v) is 11.6. The molecule has 2 aliphatic rings. The van der Waals surface area contributed by atoms with Crippen molar-refractivity contribution in [1.82, 2.24) is 14.9 Å². The molecule has 1 atom stereocenters. The van der Waals surface area contributed by atoms with Crippen molar-refractivity contribution in [2.24, 2.45) is 4.99 Å². The zero-order valence-corrected chi connectivity index (χ0v) is 25.1. The number of rotatable bonds is 10. The van der Waals surface area contributed by atoms with Gasteiger partial charge in [-0.2, -0.15) is 8.42 Å². The highest BCUT2D eigenvalue weighted by Gasteiger charge is 2.37. The van der Waals surface area contributed by atoms with Crippen LogP contribution in [0.3, 0.4) is 0 Å². The molecule has 5 rings (SSSR count). The number of ether oxygens (including phenoxy) is 2. The number of fused-ring (bicyclic) bond motifs is 1. The predicted octanol–water partition coefficient (Wildman–Crippen LogP) is 2.40. The Hall–Kier alpha value is -2.65. The molecule has 0 saturated carbocycles. The summed E-state index contributed by atoms with van der Waals surface area (Å²) in [7, 11) is -3.79. The van der Waals surface area contributed by atoms with Crippen LogP contribution in [0.2, 0.25) is 0 Å². The molecule has 0 spiro atoms. The van der Waals surface area contributed by atoms with Crippen LogP contribution in [-0.2, 0) is 24.6 Å². The quantitative estimate of drug-likeness (QED) is 0.345. The first-order valence-electron chi connectivity index (χ1n) is 12.8. The van der Waals surface area contributed by atoms with Gasteiger partial charge in [-0.15, -0.1) is 0 Å². The Morgan fingerprint density at radius 1 is 1.18 bits per heavy atom. The molecule has 1 unspecified atom stereocenters. The minimum absolute atomic E-state index is 0.0554. The summed E-state index contributed by atoms with van der Waals surface area (Å²) < 4.78 is 62.5. The van der Waals surface area contributed by atoms with E-state index in [9.17, 15) is 16.8 Å². The van der Waals surface area contributed by atoms with E-state index in [-0.39, 0.29) is 21.3 Å². The largest absolute Gasteiger partial charge is 0.491 e. The second-order valence-corrected chi connectivity index (χ2v) is 16.0. The number of H-pyrrole nitrogens is 1. The van der Waals surface area contributed by atoms with E-state index in [4.69, 9.17) is 14.5 Å². The van der Waals surface area contributed by atoms with E-state index in [1.165, 1.54) is 23.6 Å². The minimum Gasteiger partial charge on any atom is -0.491 e. The van der Waals surface area contributed by atoms with Gasteiger partial charge in [-0.05, 0) is 31.2 Å². The van der Waals surface area contributed by atoms with Gasteiger partial charge in [0.1, 0.15) is 17.4 Å². The second kappa shape index (κ2) is 11.3. The molecule has 2 aromatic heterocycles. The van der Waals surface area contributed by atoms with Crippen molar-refractivity contribution in [2.45, 2.75) is 16.7 Å². The first-order valence-corrected chi connectivity index (χ1v) is 16.9. The van der Waals surface area contributed by atoms with Gasteiger partial charge in [-0.25, -0.2) is 13.4 Å². The van der Waals surface area contributed by atoms with Crippen molar-refractivity contribution in [3.63, 3.8) is 0 Å². The van der Waals surface area contributed by atoms with Gasteiger partial charge < -0.3 is 14.5 Å². The smallest absolute Gasteiger partial charge is 0.281 e. The van der Waals surface area contributed by atoms with Crippen LogP contribution in [0, 0.1) is 0 Å². The molecule has 2 aliphatic heterocycles. The number of anilines is 1. The van der Waals surface area contributed by atoms with E-state index in [1.54, 1.807) is 37.1 Å². The van der Waals surface area contributed by atoms with Crippen molar-refractivity contribution < 1.29 is 26.3 Å². The SMILES string of the molecule is COCCOc1cc(N(C)S(=O)(=O)c2ccccn2)c2[nH]c(C3=NCC(C)(CN4CCS(=O)(=O)CC4)S3)cc2c1. The van der Waals surface area contributed by atoms with E-state index in [1.807, 2.05) is 12.1 Å². The lowest BCUT2D eigenvalue weighted by Crippen LogP contribution is -2.47. The van der Waals surface area contributed by atoms with Crippen molar-refractivity contribution in [3.8, 4) is 5.75 Å². The fraction of sp³-hybridized carbons (Fsp3) is 0.462. The van der Waals surface area contributed by atoms with Gasteiger partial charge in [-0.1, -0.05) is 17.8 Å². The highest BCUT2D eigenvalue weighted by Crippen LogP contribution is 2.39. The number of aromatic amines is 1. The lowest BCUT2D eigenvalue weighted by Gasteiger charge is -2.33. The van der Waals surface area contributed by atoms with Crippen LogP contribution >= 0.6 is 11.8 Å². The van der Waals surface area contributed by atoms with Crippen molar-refractivity contribution >= 4 is 53.3 Å². The molecular weight excluding hydrogens is 575 g/mol. The molecular formula is C26H33N5O6S3. The molecule has 0 amide bonds. The summed E-state index contributed by atoms with van der Waals surface area (Å²) in [5.41, 5.74) is 1.83. The highest BCUT2D eigenvalue weighted by atomic mass is 32.2. The summed E-state index contributed by atoms with van der Waals surface area (Å²) >= 11 is 1.65. The molecule has 0 bridgehead atoms. The maximum absolute atomic E-state index is 13.4. The fourth-order valence-electron chi connectivity index (χ4n) is 4.80. The zero-order chi connectivity index (χ0) is 28.5. The van der Waals surface area contributed by atoms with Crippen molar-refractivity contribution in [3.05, 3.63) is 48.3 Å². The number of nitrogens with one attached hydrogen (secondary N) is 1. The number of hydrogen-bond donors (Lipinski definition) is 1. The summed E-state index contributed by atoms with van der Waals surface area (Å²) in [5, 5.41) is 1.55. The Bertz CT molecular complexity index is 1610. The molecule has 0 radical (unpaired) electrons. The van der Waals surface area contributed by atoms with Crippen LogP contribution in [0.4, 0.5) is 5.69 Å². The fourth-order valence-corrected chi connectivity index (χ4v) is 8.40. The summed E-state index contributed by atoms with van der Waals surface area (Å²) in [6, 6.07) is 10.3. The van der Waals surface area contributed by atoms with Gasteiger partial charge in [0.2, 0.25) is 0 Å². The number of aliphatic imine (C=N–C) groups is 1. The number of nitrogens with zero attached hydrogens (tertiary/aromatic N) is 4. The molecule has 1 fully saturated rings. The van der Waals surface area contributed by atoms with Crippen molar-refractivity contribution in [1.29, 1.82) is 0 Å². The number of thioether (sulfide) groups is 1. The van der Waals surface area contributed by atoms with Crippen LogP contribution in [0.1, 0.15) is 12.6 Å². The van der Waals surface area contributed by atoms with E-state index in [0.29, 0.717) is 49.8 Å². The first kappa shape index (κ1) is 28.9. The minimum atomic E-state index is -3.94. The first-order chi connectivity index (χ1) is 19.0. The predicted molar refractivity (Wildman–Crippen MR) is 158 cm³/mol. The lowest BCUT2D eigenvalue weighted by atomic mass is 10.1. The molecule has 11 nitrogen and oxygen atoms in total. The number of benzene rings is 1. The van der Waals surface area contributed by atoms with E-state index in [2.05, 4.69) is 21.8 Å². The molecule has 1 N–H and O–H groups in total. The summed E-state index contributed by atoms with van der Waals surface area (Å²) in [4.78, 5) is 14.5. The summed E-state index contributed by atoms with van der Waals surface area (Å²) in [6.07, 6.45) is 1.45. The molecule has 0 aliphatic carbocycles. The number of sulfonamides is 1. The number of sulfone groups is 1. The average molecular weight is 608 g/mol. The van der Waals surface area contributed by atoms with Crippen LogP contribution in [0.5, 0.6) is 5.75 Å². The van der Waals surface area contributed by atoms with E-state index < -0.39 is 19.9 Å². The molecule has 216 valence electrons. The van der Waals surface area contributed by atoms with Crippen LogP contribution in [0.25, 0.3) is 10.9 Å². The van der Waals surface area contributed by atoms with Gasteiger partial charge >= 0.3 is 0 Å². The Morgan fingerprint density at radius 3 is 2.65 bits per heavy atom. The summed E-state index contributed by atoms with van der Waals surface area (Å²) in [5.74, 6) is 0.894. The molecule has 14 heteroatoms. The van der Waals surface area contributed by atoms with Gasteiger partial charge in [0.15, 0.2) is 14.9 Å². The van der Waals surface area contributed by atoms with Crippen LogP contribution in [0.15, 0.2) is 52.6 Å². The maximum atomic E-state index is 13.4. The number of pyridine rings is 1. The van der Waals surface area contributed by atoms with Crippen LogP contribution < -0.4 is 9.04 Å². The van der Waals surface area contributed by atoms with E-state index in [0.717, 1.165) is 22.7 Å². The average Bonchev–Trinajstić information content (AvgIpc) is 3.53. The third kappa shape index (κ3) is 6.15. The highest BCUT2D eigenvalue weighted by molar-refractivity contribution is 8.15. The third-order valence-electron chi connectivity index (χ3n) is 6.96. The number of methoxy groups -OCH3 is 1. The molecule has 4 heterocycles. The number of aromatic nitrogens is 2. The lowest BCUT2D eigenvalue weighted by molar-refractivity contribution is 0.146. The molecule has 1 saturated heterocycles. The van der Waals surface area contributed by atoms with Crippen LogP contribution in [-0.4, -0.2) is 107 Å². The Balaban J connectivity index is 1.44. The van der Waals surface area contributed by atoms with Gasteiger partial charge in [0, 0.05) is 51.4 Å². The normalized spacial score (nSPS) is 21.4. The summed E-state index contributed by atoms with van der Waals surface area (Å²) in [6.45, 7) is 5.24. The second-order valence-electron chi connectivity index (χ2n) is 10.2. The molecule has 1 aromatic carbocycles. The van der Waals surface area contributed by atoms with Gasteiger partial charge in [0.25, 0.3) is 10.0 Å². The monoisotopic (exact) mass is 607 g/mol. The molecule has 40 heavy (non-hydrogen) atoms. The Labute approximate surface area is 238 Å². The maximum Gasteiger partial charge on any atom is 0.281 e. The molecule has 3 aromatic rings. The van der Waals surface area contributed by atoms with Crippen molar-refractivity contribution in [2.75, 3.05) is 69.4 Å². The zero-order valence-electron chi connectivity index (χ0n) is 22.7. The van der Waals surface area contributed by atoms with Gasteiger partial charge in [0.05, 0.1) is 46.3 Å². The Kier molecular flexibility index (Phi) is 8.17. The number of hydrogen-bond acceptors (Lipinski definition) is 10. The van der Waals surface area contributed by atoms with E-state index >= 15 is 0 Å². The topological polar surface area (TPSA) is 134 Å².